The van der Waals surface area contributed by atoms with Crippen molar-refractivity contribution in [2.75, 3.05) is 0 Å². The second kappa shape index (κ2) is 6.84. The number of fused-ring (bicyclic) bond motifs is 1. The van der Waals surface area contributed by atoms with Gasteiger partial charge in [0.05, 0.1) is 11.0 Å². The fourth-order valence-corrected chi connectivity index (χ4v) is 2.80. The maximum absolute atomic E-state index is 12.4. The van der Waals surface area contributed by atoms with Gasteiger partial charge in [-0.25, -0.2) is 0 Å². The Morgan fingerprint density at radius 2 is 2.00 bits per heavy atom. The number of carbonyl (C=O) groups is 1. The van der Waals surface area contributed by atoms with Gasteiger partial charge in [-0.3, -0.25) is 4.79 Å². The molecule has 108 valence electrons. The van der Waals surface area contributed by atoms with Crippen LogP contribution in [0, 0.1) is 10.7 Å². The van der Waals surface area contributed by atoms with E-state index in [-0.39, 0.29) is 5.92 Å². The fourth-order valence-electron chi connectivity index (χ4n) is 2.58. The number of rotatable bonds is 7. The zero-order valence-electron chi connectivity index (χ0n) is 12.2. The van der Waals surface area contributed by atoms with Gasteiger partial charge in [-0.1, -0.05) is 32.8 Å². The number of Topliss-reactive ketones (excluding diaryl/α,β-unsaturated/α-hetero) is 1. The molecule has 2 aromatic rings. The summed E-state index contributed by atoms with van der Waals surface area (Å²) in [6.45, 7) is 4.27. The number of aromatic amines is 2. The number of benzene rings is 1. The highest BCUT2D eigenvalue weighted by atomic mass is 32.1. The topological polar surface area (TPSA) is 48.6 Å². The monoisotopic (exact) mass is 290 g/mol. The van der Waals surface area contributed by atoms with Crippen LogP contribution in [-0.2, 0) is 11.2 Å². The molecule has 0 spiro atoms. The summed E-state index contributed by atoms with van der Waals surface area (Å²) < 4.78 is 0.623. The normalized spacial score (nSPS) is 12.7. The average Bonchev–Trinajstić information content (AvgIpc) is 2.79. The van der Waals surface area contributed by atoms with Crippen molar-refractivity contribution in [3.63, 3.8) is 0 Å². The molecule has 1 aromatic heterocycles. The Morgan fingerprint density at radius 1 is 1.25 bits per heavy atom. The van der Waals surface area contributed by atoms with Crippen molar-refractivity contribution in [2.24, 2.45) is 5.92 Å². The number of carbonyl (C=O) groups excluding carboxylic acids is 1. The van der Waals surface area contributed by atoms with Crippen molar-refractivity contribution in [1.82, 2.24) is 9.97 Å². The standard InChI is InChI=1S/C16H22N2OS/c1-3-5-6-12(4-2)15(19)10-11-7-8-13-14(9-11)18-16(20)17-13/h7-9,12H,3-6,10H2,1-2H3,(H2,17,18,20). The third-order valence-corrected chi connectivity index (χ3v) is 4.02. The van der Waals surface area contributed by atoms with E-state index in [1.807, 2.05) is 18.2 Å². The molecule has 1 aromatic carbocycles. The van der Waals surface area contributed by atoms with Crippen LogP contribution in [0.25, 0.3) is 11.0 Å². The van der Waals surface area contributed by atoms with Gasteiger partial charge in [-0.15, -0.1) is 0 Å². The molecular formula is C16H22N2OS. The number of hydrogen-bond acceptors (Lipinski definition) is 2. The Kier molecular flexibility index (Phi) is 5.12. The highest BCUT2D eigenvalue weighted by Crippen LogP contribution is 2.18. The Morgan fingerprint density at radius 3 is 2.70 bits per heavy atom. The minimum atomic E-state index is 0.204. The smallest absolute Gasteiger partial charge is 0.175 e. The van der Waals surface area contributed by atoms with E-state index in [2.05, 4.69) is 23.8 Å². The Hall–Kier alpha value is -1.42. The van der Waals surface area contributed by atoms with Crippen LogP contribution in [-0.4, -0.2) is 15.8 Å². The zero-order chi connectivity index (χ0) is 14.5. The molecular weight excluding hydrogens is 268 g/mol. The largest absolute Gasteiger partial charge is 0.331 e. The van der Waals surface area contributed by atoms with Crippen molar-refractivity contribution >= 4 is 29.0 Å². The molecule has 3 nitrogen and oxygen atoms in total. The lowest BCUT2D eigenvalue weighted by Crippen LogP contribution is -2.16. The fraction of sp³-hybridized carbons (Fsp3) is 0.500. The molecule has 2 rings (SSSR count). The first kappa shape index (κ1) is 15.0. The van der Waals surface area contributed by atoms with Crippen LogP contribution in [0.1, 0.15) is 45.1 Å². The SMILES string of the molecule is CCCCC(CC)C(=O)Cc1ccc2[nH]c(=S)[nH]c2c1. The van der Waals surface area contributed by atoms with Gasteiger partial charge < -0.3 is 9.97 Å². The second-order valence-electron chi connectivity index (χ2n) is 5.35. The van der Waals surface area contributed by atoms with Crippen molar-refractivity contribution in [1.29, 1.82) is 0 Å². The van der Waals surface area contributed by atoms with E-state index in [1.54, 1.807) is 0 Å². The average molecular weight is 290 g/mol. The van der Waals surface area contributed by atoms with Gasteiger partial charge in [0.25, 0.3) is 0 Å². The maximum Gasteiger partial charge on any atom is 0.175 e. The van der Waals surface area contributed by atoms with Gasteiger partial charge in [0.2, 0.25) is 0 Å². The third kappa shape index (κ3) is 3.57. The lowest BCUT2D eigenvalue weighted by molar-refractivity contribution is -0.122. The van der Waals surface area contributed by atoms with E-state index >= 15 is 0 Å². The van der Waals surface area contributed by atoms with Gasteiger partial charge in [0, 0.05) is 12.3 Å². The number of ketones is 1. The van der Waals surface area contributed by atoms with Gasteiger partial charge in [0.15, 0.2) is 4.77 Å². The number of aromatic nitrogens is 2. The molecule has 1 heterocycles. The zero-order valence-corrected chi connectivity index (χ0v) is 13.0. The lowest BCUT2D eigenvalue weighted by Gasteiger charge is -2.13. The highest BCUT2D eigenvalue weighted by Gasteiger charge is 2.16. The van der Waals surface area contributed by atoms with Crippen LogP contribution >= 0.6 is 12.2 Å². The number of H-pyrrole nitrogens is 2. The second-order valence-corrected chi connectivity index (χ2v) is 5.76. The van der Waals surface area contributed by atoms with Crippen molar-refractivity contribution in [3.05, 3.63) is 28.5 Å². The molecule has 0 aliphatic rings. The Balaban J connectivity index is 2.09. The predicted molar refractivity (Wildman–Crippen MR) is 85.5 cm³/mol. The molecule has 0 amide bonds. The minimum absolute atomic E-state index is 0.204. The summed E-state index contributed by atoms with van der Waals surface area (Å²) >= 11 is 5.07. The molecule has 1 atom stereocenters. The minimum Gasteiger partial charge on any atom is -0.331 e. The van der Waals surface area contributed by atoms with E-state index in [4.69, 9.17) is 12.2 Å². The van der Waals surface area contributed by atoms with Crippen LogP contribution in [0.4, 0.5) is 0 Å². The summed E-state index contributed by atoms with van der Waals surface area (Å²) in [6.07, 6.45) is 4.75. The number of unbranched alkanes of at least 4 members (excludes halogenated alkanes) is 1. The molecule has 20 heavy (non-hydrogen) atoms. The Labute approximate surface area is 124 Å². The molecule has 0 aliphatic heterocycles. The van der Waals surface area contributed by atoms with Crippen LogP contribution in [0.15, 0.2) is 18.2 Å². The molecule has 2 N–H and O–H groups in total. The summed E-state index contributed by atoms with van der Waals surface area (Å²) in [5, 5.41) is 0. The van der Waals surface area contributed by atoms with Gasteiger partial charge in [0.1, 0.15) is 5.78 Å². The summed E-state index contributed by atoms with van der Waals surface area (Å²) in [5.74, 6) is 0.560. The van der Waals surface area contributed by atoms with E-state index in [9.17, 15) is 4.79 Å². The van der Waals surface area contributed by atoms with Crippen LogP contribution < -0.4 is 0 Å². The third-order valence-electron chi connectivity index (χ3n) is 3.81. The van der Waals surface area contributed by atoms with Gasteiger partial charge in [-0.05, 0) is 42.8 Å². The molecule has 0 saturated carbocycles. The van der Waals surface area contributed by atoms with Crippen molar-refractivity contribution in [3.8, 4) is 0 Å². The lowest BCUT2D eigenvalue weighted by atomic mass is 9.91. The first-order chi connectivity index (χ1) is 9.63. The van der Waals surface area contributed by atoms with Crippen molar-refractivity contribution < 1.29 is 4.79 Å². The van der Waals surface area contributed by atoms with E-state index in [0.29, 0.717) is 17.0 Å². The number of nitrogens with one attached hydrogen (secondary N) is 2. The van der Waals surface area contributed by atoms with Crippen LogP contribution in [0.2, 0.25) is 0 Å². The molecule has 0 radical (unpaired) electrons. The maximum atomic E-state index is 12.4. The summed E-state index contributed by atoms with van der Waals surface area (Å²) in [6, 6.07) is 6.01. The van der Waals surface area contributed by atoms with Gasteiger partial charge in [-0.2, -0.15) is 0 Å². The molecule has 1 unspecified atom stereocenters. The molecule has 4 heteroatoms. The first-order valence-electron chi connectivity index (χ1n) is 7.37. The van der Waals surface area contributed by atoms with Crippen molar-refractivity contribution in [2.45, 2.75) is 46.0 Å². The summed E-state index contributed by atoms with van der Waals surface area (Å²) in [4.78, 5) is 18.5. The Bertz CT molecular complexity index is 641. The predicted octanol–water partition coefficient (Wildman–Crippen LogP) is 4.55. The quantitative estimate of drug-likeness (QED) is 0.735. The number of imidazole rings is 1. The first-order valence-corrected chi connectivity index (χ1v) is 7.78. The number of hydrogen-bond donors (Lipinski definition) is 2. The molecule has 0 aliphatic carbocycles. The van der Waals surface area contributed by atoms with Crippen LogP contribution in [0.5, 0.6) is 0 Å². The van der Waals surface area contributed by atoms with Gasteiger partial charge >= 0.3 is 0 Å². The van der Waals surface area contributed by atoms with E-state index in [1.165, 1.54) is 0 Å². The summed E-state index contributed by atoms with van der Waals surface area (Å²) in [7, 11) is 0. The molecule has 0 saturated heterocycles. The van der Waals surface area contributed by atoms with E-state index < -0.39 is 0 Å². The molecule has 0 bridgehead atoms. The summed E-state index contributed by atoms with van der Waals surface area (Å²) in [5.41, 5.74) is 3.02. The van der Waals surface area contributed by atoms with E-state index in [0.717, 1.165) is 42.3 Å². The van der Waals surface area contributed by atoms with Crippen LogP contribution in [0.3, 0.4) is 0 Å². The molecule has 0 fully saturated rings. The highest BCUT2D eigenvalue weighted by molar-refractivity contribution is 7.71.